The number of nitrogens with one attached hydrogen (secondary N) is 2. The Kier molecular flexibility index (Phi) is 6.41. The van der Waals surface area contributed by atoms with E-state index in [1.807, 2.05) is 0 Å². The van der Waals surface area contributed by atoms with Crippen LogP contribution in [0.5, 0.6) is 11.5 Å². The van der Waals surface area contributed by atoms with Crippen LogP contribution in [0.15, 0.2) is 47.5 Å². The Morgan fingerprint density at radius 3 is 2.77 bits per heavy atom. The largest absolute Gasteiger partial charge is 0.454 e. The van der Waals surface area contributed by atoms with Gasteiger partial charge in [-0.15, -0.1) is 0 Å². The van der Waals surface area contributed by atoms with Crippen LogP contribution in [0, 0.1) is 5.82 Å². The second kappa shape index (κ2) is 9.55. The highest BCUT2D eigenvalue weighted by Gasteiger charge is 2.17. The zero-order valence-corrected chi connectivity index (χ0v) is 16.4. The number of amides is 1. The van der Waals surface area contributed by atoms with E-state index in [-0.39, 0.29) is 24.5 Å². The first kappa shape index (κ1) is 20.1. The van der Waals surface area contributed by atoms with Crippen molar-refractivity contribution in [2.75, 3.05) is 51.5 Å². The highest BCUT2D eigenvalue weighted by molar-refractivity contribution is 6.10. The van der Waals surface area contributed by atoms with Crippen molar-refractivity contribution in [2.24, 2.45) is 4.99 Å². The molecule has 2 heterocycles. The second-order valence-electron chi connectivity index (χ2n) is 6.84. The number of guanidine groups is 1. The fourth-order valence-corrected chi connectivity index (χ4v) is 3.16. The van der Waals surface area contributed by atoms with Crippen molar-refractivity contribution < 1.29 is 23.4 Å². The topological polar surface area (TPSA) is 84.4 Å². The lowest BCUT2D eigenvalue weighted by Crippen LogP contribution is -2.39. The van der Waals surface area contributed by atoms with E-state index < -0.39 is 0 Å². The Morgan fingerprint density at radius 1 is 1.10 bits per heavy atom. The number of nitrogens with zero attached hydrogens (tertiary/aromatic N) is 2. The molecule has 0 unspecified atom stereocenters. The molecule has 0 aromatic heterocycles. The number of ether oxygens (including phenoxy) is 3. The maximum absolute atomic E-state index is 13.6. The van der Waals surface area contributed by atoms with Gasteiger partial charge >= 0.3 is 0 Å². The standard InChI is InChI=1S/C21H23FN4O4/c22-16-2-1-3-17(13-16)24-21(23-6-7-26-8-10-28-11-9-26)25-20(27)15-4-5-18-19(12-15)30-14-29-18/h1-5,12-13H,6-11,14H2,(H2,23,24,25,27). The predicted molar refractivity (Wildman–Crippen MR) is 110 cm³/mol. The SMILES string of the molecule is O=C(NC(=NCCN1CCOCC1)Nc1cccc(F)c1)c1ccc2c(c1)OCO2. The number of anilines is 1. The van der Waals surface area contributed by atoms with Crippen molar-refractivity contribution in [1.82, 2.24) is 10.2 Å². The molecule has 0 radical (unpaired) electrons. The number of aliphatic imine (C=N–C) groups is 1. The molecule has 1 saturated heterocycles. The van der Waals surface area contributed by atoms with Crippen LogP contribution in [0.4, 0.5) is 10.1 Å². The molecule has 0 bridgehead atoms. The maximum atomic E-state index is 13.6. The van der Waals surface area contributed by atoms with Gasteiger partial charge in [-0.05, 0) is 36.4 Å². The van der Waals surface area contributed by atoms with Gasteiger partial charge in [-0.25, -0.2) is 4.39 Å². The first-order valence-corrected chi connectivity index (χ1v) is 9.75. The molecule has 0 aliphatic carbocycles. The van der Waals surface area contributed by atoms with Crippen LogP contribution in [0.1, 0.15) is 10.4 Å². The molecule has 2 N–H and O–H groups in total. The molecule has 1 amide bonds. The molecule has 0 saturated carbocycles. The van der Waals surface area contributed by atoms with Crippen LogP contribution in [0.2, 0.25) is 0 Å². The average Bonchev–Trinajstić information content (AvgIpc) is 3.22. The van der Waals surface area contributed by atoms with Crippen LogP contribution in [-0.4, -0.2) is 63.0 Å². The maximum Gasteiger partial charge on any atom is 0.258 e. The quantitative estimate of drug-likeness (QED) is 0.576. The number of halogens is 1. The third-order valence-corrected chi connectivity index (χ3v) is 4.74. The van der Waals surface area contributed by atoms with Gasteiger partial charge in [-0.3, -0.25) is 20.0 Å². The van der Waals surface area contributed by atoms with Crippen molar-refractivity contribution in [3.8, 4) is 11.5 Å². The van der Waals surface area contributed by atoms with E-state index in [4.69, 9.17) is 14.2 Å². The number of hydrogen-bond acceptors (Lipinski definition) is 6. The lowest BCUT2D eigenvalue weighted by molar-refractivity contribution is 0.0394. The van der Waals surface area contributed by atoms with E-state index >= 15 is 0 Å². The fourth-order valence-electron chi connectivity index (χ4n) is 3.16. The third-order valence-electron chi connectivity index (χ3n) is 4.74. The van der Waals surface area contributed by atoms with E-state index in [0.717, 1.165) is 19.6 Å². The van der Waals surface area contributed by atoms with Crippen molar-refractivity contribution in [1.29, 1.82) is 0 Å². The Bertz CT molecular complexity index is 931. The smallest absolute Gasteiger partial charge is 0.258 e. The lowest BCUT2D eigenvalue weighted by atomic mass is 10.2. The summed E-state index contributed by atoms with van der Waals surface area (Å²) in [5.74, 6) is 0.629. The van der Waals surface area contributed by atoms with Crippen molar-refractivity contribution in [3.05, 3.63) is 53.8 Å². The Balaban J connectivity index is 1.45. The highest BCUT2D eigenvalue weighted by atomic mass is 19.1. The number of fused-ring (bicyclic) bond motifs is 1. The molecular weight excluding hydrogens is 391 g/mol. The second-order valence-corrected chi connectivity index (χ2v) is 6.84. The monoisotopic (exact) mass is 414 g/mol. The predicted octanol–water partition coefficient (Wildman–Crippen LogP) is 2.08. The van der Waals surface area contributed by atoms with Gasteiger partial charge in [0, 0.05) is 30.9 Å². The van der Waals surface area contributed by atoms with Gasteiger partial charge in [0.05, 0.1) is 19.8 Å². The van der Waals surface area contributed by atoms with Crippen LogP contribution >= 0.6 is 0 Å². The molecule has 2 aliphatic heterocycles. The number of hydrogen-bond donors (Lipinski definition) is 2. The minimum absolute atomic E-state index is 0.135. The van der Waals surface area contributed by atoms with Crippen molar-refractivity contribution in [2.45, 2.75) is 0 Å². The van der Waals surface area contributed by atoms with E-state index in [9.17, 15) is 9.18 Å². The van der Waals surface area contributed by atoms with Crippen molar-refractivity contribution >= 4 is 17.6 Å². The summed E-state index contributed by atoms with van der Waals surface area (Å²) in [5, 5.41) is 5.76. The van der Waals surface area contributed by atoms with Crippen LogP contribution < -0.4 is 20.1 Å². The van der Waals surface area contributed by atoms with Gasteiger partial charge in [0.2, 0.25) is 12.8 Å². The zero-order valence-electron chi connectivity index (χ0n) is 16.4. The summed E-state index contributed by atoms with van der Waals surface area (Å²) >= 11 is 0. The first-order chi connectivity index (χ1) is 14.7. The molecule has 9 heteroatoms. The van der Waals surface area contributed by atoms with E-state index in [1.165, 1.54) is 12.1 Å². The van der Waals surface area contributed by atoms with Gasteiger partial charge in [-0.2, -0.15) is 0 Å². The Morgan fingerprint density at radius 2 is 1.93 bits per heavy atom. The number of carbonyl (C=O) groups excluding carboxylic acids is 1. The van der Waals surface area contributed by atoms with Crippen LogP contribution in [-0.2, 0) is 4.74 Å². The van der Waals surface area contributed by atoms with Crippen LogP contribution in [0.25, 0.3) is 0 Å². The molecule has 1 fully saturated rings. The van der Waals surface area contributed by atoms with Gasteiger partial charge in [0.15, 0.2) is 11.5 Å². The van der Waals surface area contributed by atoms with E-state index in [1.54, 1.807) is 30.3 Å². The van der Waals surface area contributed by atoms with E-state index in [2.05, 4.69) is 20.5 Å². The summed E-state index contributed by atoms with van der Waals surface area (Å²) in [7, 11) is 0. The zero-order chi connectivity index (χ0) is 20.8. The van der Waals surface area contributed by atoms with Gasteiger partial charge in [0.1, 0.15) is 5.82 Å². The summed E-state index contributed by atoms with van der Waals surface area (Å²) < 4.78 is 29.5. The summed E-state index contributed by atoms with van der Waals surface area (Å²) in [6.07, 6.45) is 0. The molecule has 8 nitrogen and oxygen atoms in total. The Labute approximate surface area is 173 Å². The highest BCUT2D eigenvalue weighted by Crippen LogP contribution is 2.32. The molecule has 4 rings (SSSR count). The fraction of sp³-hybridized carbons (Fsp3) is 0.333. The van der Waals surface area contributed by atoms with Crippen LogP contribution in [0.3, 0.4) is 0 Å². The minimum Gasteiger partial charge on any atom is -0.454 e. The first-order valence-electron chi connectivity index (χ1n) is 9.75. The summed E-state index contributed by atoms with van der Waals surface area (Å²) in [5.41, 5.74) is 0.896. The summed E-state index contributed by atoms with van der Waals surface area (Å²) in [6.45, 7) is 4.46. The minimum atomic E-state index is -0.380. The molecule has 0 atom stereocenters. The molecule has 2 aromatic carbocycles. The number of rotatable bonds is 5. The molecule has 2 aliphatic rings. The third kappa shape index (κ3) is 5.25. The Hall–Kier alpha value is -3.17. The normalized spacial score (nSPS) is 16.4. The lowest BCUT2D eigenvalue weighted by Gasteiger charge is -2.25. The summed E-state index contributed by atoms with van der Waals surface area (Å²) in [6, 6.07) is 10.9. The molecule has 2 aromatic rings. The summed E-state index contributed by atoms with van der Waals surface area (Å²) in [4.78, 5) is 19.5. The molecular formula is C21H23FN4O4. The van der Waals surface area contributed by atoms with Gasteiger partial charge in [-0.1, -0.05) is 6.07 Å². The average molecular weight is 414 g/mol. The van der Waals surface area contributed by atoms with E-state index in [0.29, 0.717) is 42.5 Å². The number of morpholine rings is 1. The molecule has 158 valence electrons. The number of carbonyl (C=O) groups is 1. The van der Waals surface area contributed by atoms with Crippen molar-refractivity contribution in [3.63, 3.8) is 0 Å². The van der Waals surface area contributed by atoms with Gasteiger partial charge in [0.25, 0.3) is 5.91 Å². The molecule has 30 heavy (non-hydrogen) atoms. The van der Waals surface area contributed by atoms with Gasteiger partial charge < -0.3 is 19.5 Å². The number of benzene rings is 2. The molecule has 0 spiro atoms.